The smallest absolute Gasteiger partial charge is 0.240 e. The Labute approximate surface area is 137 Å². The summed E-state index contributed by atoms with van der Waals surface area (Å²) in [6, 6.07) is 0. The molecule has 2 rings (SSSR count). The van der Waals surface area contributed by atoms with Crippen LogP contribution in [-0.2, 0) is 9.53 Å². The van der Waals surface area contributed by atoms with E-state index in [4.69, 9.17) is 10.5 Å². The van der Waals surface area contributed by atoms with E-state index in [1.807, 2.05) is 11.8 Å². The minimum absolute atomic E-state index is 0. The number of amides is 1. The summed E-state index contributed by atoms with van der Waals surface area (Å²) in [6.45, 7) is 5.06. The molecule has 0 spiro atoms. The van der Waals surface area contributed by atoms with E-state index >= 15 is 0 Å². The average molecular weight is 346 g/mol. The van der Waals surface area contributed by atoms with Gasteiger partial charge >= 0.3 is 0 Å². The Hall–Kier alpha value is 0.280. The Morgan fingerprint density at radius 1 is 1.25 bits per heavy atom. The summed E-state index contributed by atoms with van der Waals surface area (Å²) >= 11 is 2.00. The SMILES string of the molecule is Cl.Cl.NC1(C(=O)NCCN2CCSCC2)CCOCC1. The van der Waals surface area contributed by atoms with Gasteiger partial charge in [-0.2, -0.15) is 11.8 Å². The second kappa shape index (κ2) is 10.1. The van der Waals surface area contributed by atoms with Crippen LogP contribution in [0.1, 0.15) is 12.8 Å². The van der Waals surface area contributed by atoms with Gasteiger partial charge in [0, 0.05) is 50.9 Å². The Balaban J connectivity index is 0.00000180. The zero-order chi connectivity index (χ0) is 12.8. The predicted molar refractivity (Wildman–Crippen MR) is 88.2 cm³/mol. The molecule has 2 fully saturated rings. The fourth-order valence-electron chi connectivity index (χ4n) is 2.29. The van der Waals surface area contributed by atoms with Crippen LogP contribution in [0.5, 0.6) is 0 Å². The number of hydrogen-bond donors (Lipinski definition) is 2. The van der Waals surface area contributed by atoms with Gasteiger partial charge in [0.05, 0.1) is 5.54 Å². The van der Waals surface area contributed by atoms with Crippen molar-refractivity contribution in [2.45, 2.75) is 18.4 Å². The van der Waals surface area contributed by atoms with E-state index in [1.165, 1.54) is 11.5 Å². The van der Waals surface area contributed by atoms with Crippen molar-refractivity contribution in [2.24, 2.45) is 5.73 Å². The first-order chi connectivity index (χ1) is 8.71. The number of nitrogens with one attached hydrogen (secondary N) is 1. The lowest BCUT2D eigenvalue weighted by Gasteiger charge is -2.32. The van der Waals surface area contributed by atoms with Gasteiger partial charge in [-0.25, -0.2) is 0 Å². The molecule has 2 saturated heterocycles. The lowest BCUT2D eigenvalue weighted by molar-refractivity contribution is -0.129. The van der Waals surface area contributed by atoms with Crippen molar-refractivity contribution in [2.75, 3.05) is 50.9 Å². The standard InChI is InChI=1S/C12H23N3O2S.2ClH/c13-12(1-7-17-8-2-12)11(16)14-3-4-15-5-9-18-10-6-15;;/h1-10,13H2,(H,14,16);2*1H. The van der Waals surface area contributed by atoms with Gasteiger partial charge in [0.2, 0.25) is 5.91 Å². The van der Waals surface area contributed by atoms with Crippen molar-refractivity contribution >= 4 is 42.5 Å². The minimum atomic E-state index is -0.712. The van der Waals surface area contributed by atoms with Crippen molar-refractivity contribution in [3.05, 3.63) is 0 Å². The fourth-order valence-corrected chi connectivity index (χ4v) is 3.27. The number of hydrogen-bond acceptors (Lipinski definition) is 5. The summed E-state index contributed by atoms with van der Waals surface area (Å²) in [5.41, 5.74) is 5.40. The number of carbonyl (C=O) groups excluding carboxylic acids is 1. The van der Waals surface area contributed by atoms with Crippen LogP contribution in [-0.4, -0.2) is 67.2 Å². The van der Waals surface area contributed by atoms with E-state index in [0.29, 0.717) is 32.6 Å². The van der Waals surface area contributed by atoms with Crippen LogP contribution in [0.2, 0.25) is 0 Å². The third-order valence-corrected chi connectivity index (χ3v) is 4.60. The zero-order valence-corrected chi connectivity index (χ0v) is 14.1. The number of carbonyl (C=O) groups is 1. The normalized spacial score (nSPS) is 22.2. The summed E-state index contributed by atoms with van der Waals surface area (Å²) < 4.78 is 5.24. The molecule has 0 atom stereocenters. The molecule has 2 aliphatic heterocycles. The van der Waals surface area contributed by atoms with Gasteiger partial charge in [-0.05, 0) is 12.8 Å². The topological polar surface area (TPSA) is 67.6 Å². The van der Waals surface area contributed by atoms with E-state index in [0.717, 1.165) is 19.6 Å². The van der Waals surface area contributed by atoms with Crippen LogP contribution >= 0.6 is 36.6 Å². The van der Waals surface area contributed by atoms with Crippen LogP contribution in [0.15, 0.2) is 0 Å². The monoisotopic (exact) mass is 345 g/mol. The molecule has 0 radical (unpaired) electrons. The number of nitrogens with zero attached hydrogens (tertiary/aromatic N) is 1. The van der Waals surface area contributed by atoms with Crippen molar-refractivity contribution in [3.8, 4) is 0 Å². The van der Waals surface area contributed by atoms with E-state index in [-0.39, 0.29) is 30.7 Å². The number of rotatable bonds is 4. The quantitative estimate of drug-likeness (QED) is 0.776. The van der Waals surface area contributed by atoms with Crippen molar-refractivity contribution in [1.82, 2.24) is 10.2 Å². The summed E-state index contributed by atoms with van der Waals surface area (Å²) in [5, 5.41) is 2.97. The molecule has 8 heteroatoms. The van der Waals surface area contributed by atoms with Crippen molar-refractivity contribution in [3.63, 3.8) is 0 Å². The van der Waals surface area contributed by atoms with Gasteiger partial charge < -0.3 is 15.8 Å². The van der Waals surface area contributed by atoms with Gasteiger partial charge in [0.15, 0.2) is 0 Å². The van der Waals surface area contributed by atoms with Gasteiger partial charge in [-0.3, -0.25) is 9.69 Å². The first-order valence-electron chi connectivity index (χ1n) is 6.66. The Morgan fingerprint density at radius 3 is 2.45 bits per heavy atom. The maximum Gasteiger partial charge on any atom is 0.240 e. The lowest BCUT2D eigenvalue weighted by atomic mass is 9.90. The van der Waals surface area contributed by atoms with Gasteiger partial charge in [-0.15, -0.1) is 24.8 Å². The molecule has 0 unspecified atom stereocenters. The molecule has 0 bridgehead atoms. The molecule has 0 aromatic carbocycles. The first kappa shape index (κ1) is 20.3. The molecule has 0 aromatic rings. The largest absolute Gasteiger partial charge is 0.381 e. The Kier molecular flexibility index (Phi) is 10.2. The molecule has 0 saturated carbocycles. The van der Waals surface area contributed by atoms with Gasteiger partial charge in [0.1, 0.15) is 0 Å². The van der Waals surface area contributed by atoms with Gasteiger partial charge in [-0.1, -0.05) is 0 Å². The highest BCUT2D eigenvalue weighted by atomic mass is 35.5. The van der Waals surface area contributed by atoms with Crippen molar-refractivity contribution in [1.29, 1.82) is 0 Å². The van der Waals surface area contributed by atoms with Gasteiger partial charge in [0.25, 0.3) is 0 Å². The Bertz CT molecular complexity index is 286. The number of ether oxygens (including phenoxy) is 1. The fraction of sp³-hybridized carbons (Fsp3) is 0.917. The highest BCUT2D eigenvalue weighted by Crippen LogP contribution is 2.17. The summed E-state index contributed by atoms with van der Waals surface area (Å²) in [6.07, 6.45) is 1.25. The molecule has 0 aromatic heterocycles. The number of halogens is 2. The van der Waals surface area contributed by atoms with E-state index in [1.54, 1.807) is 0 Å². The molecular weight excluding hydrogens is 321 g/mol. The van der Waals surface area contributed by atoms with Crippen LogP contribution in [0.4, 0.5) is 0 Å². The third kappa shape index (κ3) is 5.95. The minimum Gasteiger partial charge on any atom is -0.381 e. The van der Waals surface area contributed by atoms with E-state index in [2.05, 4.69) is 10.2 Å². The number of nitrogens with two attached hydrogens (primary N) is 1. The molecule has 2 aliphatic rings. The molecule has 5 nitrogen and oxygen atoms in total. The van der Waals surface area contributed by atoms with E-state index in [9.17, 15) is 4.79 Å². The van der Waals surface area contributed by atoms with E-state index < -0.39 is 5.54 Å². The lowest BCUT2D eigenvalue weighted by Crippen LogP contribution is -2.57. The molecular formula is C12H25Cl2N3O2S. The summed E-state index contributed by atoms with van der Waals surface area (Å²) in [7, 11) is 0. The molecule has 3 N–H and O–H groups in total. The maximum atomic E-state index is 12.0. The van der Waals surface area contributed by atoms with Crippen LogP contribution in [0.25, 0.3) is 0 Å². The predicted octanol–water partition coefficient (Wildman–Crippen LogP) is 0.503. The van der Waals surface area contributed by atoms with Crippen LogP contribution in [0, 0.1) is 0 Å². The molecule has 120 valence electrons. The highest BCUT2D eigenvalue weighted by Gasteiger charge is 2.35. The van der Waals surface area contributed by atoms with Crippen molar-refractivity contribution < 1.29 is 9.53 Å². The molecule has 2 heterocycles. The van der Waals surface area contributed by atoms with Crippen LogP contribution in [0.3, 0.4) is 0 Å². The average Bonchev–Trinajstić information content (AvgIpc) is 2.41. The second-order valence-corrected chi connectivity index (χ2v) is 6.20. The second-order valence-electron chi connectivity index (χ2n) is 4.98. The molecule has 1 amide bonds. The zero-order valence-electron chi connectivity index (χ0n) is 11.6. The summed E-state index contributed by atoms with van der Waals surface area (Å²) in [5.74, 6) is 2.38. The van der Waals surface area contributed by atoms with Crippen LogP contribution < -0.4 is 11.1 Å². The number of thioether (sulfide) groups is 1. The molecule has 0 aliphatic carbocycles. The Morgan fingerprint density at radius 2 is 1.85 bits per heavy atom. The highest BCUT2D eigenvalue weighted by molar-refractivity contribution is 7.99. The molecule has 20 heavy (non-hydrogen) atoms. The maximum absolute atomic E-state index is 12.0. The third-order valence-electron chi connectivity index (χ3n) is 3.65. The summed E-state index contributed by atoms with van der Waals surface area (Å²) in [4.78, 5) is 14.4. The first-order valence-corrected chi connectivity index (χ1v) is 7.81.